The van der Waals surface area contributed by atoms with Crippen molar-refractivity contribution < 1.29 is 5.11 Å². The highest BCUT2D eigenvalue weighted by Gasteiger charge is 2.05. The van der Waals surface area contributed by atoms with Crippen LogP contribution in [0.4, 0.5) is 0 Å². The Hall–Kier alpha value is -1.80. The van der Waals surface area contributed by atoms with Crippen molar-refractivity contribution in [3.05, 3.63) is 54.1 Å². The third-order valence-electron chi connectivity index (χ3n) is 3.00. The van der Waals surface area contributed by atoms with Crippen molar-refractivity contribution in [1.82, 2.24) is 4.90 Å². The van der Waals surface area contributed by atoms with Gasteiger partial charge in [-0.1, -0.05) is 36.4 Å². The summed E-state index contributed by atoms with van der Waals surface area (Å²) in [4.78, 5) is 2.18. The summed E-state index contributed by atoms with van der Waals surface area (Å²) in [5.74, 6) is 0.315. The maximum Gasteiger partial charge on any atom is 0.116 e. The smallest absolute Gasteiger partial charge is 0.116 e. The summed E-state index contributed by atoms with van der Waals surface area (Å²) in [7, 11) is 4.16. The van der Waals surface area contributed by atoms with Gasteiger partial charge in [0.15, 0.2) is 0 Å². The number of nitrogens with zero attached hydrogens (tertiary/aromatic N) is 1. The Labute approximate surface area is 109 Å². The molecule has 2 aromatic carbocycles. The van der Waals surface area contributed by atoms with E-state index in [1.165, 1.54) is 11.1 Å². The van der Waals surface area contributed by atoms with Crippen molar-refractivity contribution >= 4 is 0 Å². The number of hydrogen-bond acceptors (Lipinski definition) is 2. The summed E-state index contributed by atoms with van der Waals surface area (Å²) < 4.78 is 0. The Morgan fingerprint density at radius 1 is 1.00 bits per heavy atom. The Balaban J connectivity index is 2.32. The van der Waals surface area contributed by atoms with Crippen LogP contribution in [-0.2, 0) is 6.42 Å². The van der Waals surface area contributed by atoms with Crippen LogP contribution < -0.4 is 0 Å². The average Bonchev–Trinajstić information content (AvgIpc) is 2.36. The monoisotopic (exact) mass is 241 g/mol. The van der Waals surface area contributed by atoms with Crippen LogP contribution in [0.3, 0.4) is 0 Å². The van der Waals surface area contributed by atoms with Gasteiger partial charge < -0.3 is 10.0 Å². The first-order chi connectivity index (χ1) is 8.66. The molecule has 0 saturated heterocycles. The highest BCUT2D eigenvalue weighted by Crippen LogP contribution is 2.26. The van der Waals surface area contributed by atoms with Gasteiger partial charge in [-0.2, -0.15) is 0 Å². The van der Waals surface area contributed by atoms with E-state index >= 15 is 0 Å². The second-order valence-corrected chi connectivity index (χ2v) is 4.76. The maximum absolute atomic E-state index is 9.58. The molecule has 0 aliphatic rings. The van der Waals surface area contributed by atoms with Gasteiger partial charge in [0.05, 0.1) is 0 Å². The summed E-state index contributed by atoms with van der Waals surface area (Å²) in [6.07, 6.45) is 1.01. The lowest BCUT2D eigenvalue weighted by Crippen LogP contribution is -2.15. The van der Waals surface area contributed by atoms with Gasteiger partial charge in [-0.15, -0.1) is 0 Å². The second-order valence-electron chi connectivity index (χ2n) is 4.76. The lowest BCUT2D eigenvalue weighted by Gasteiger charge is -2.13. The van der Waals surface area contributed by atoms with Crippen molar-refractivity contribution in [2.45, 2.75) is 6.42 Å². The quantitative estimate of drug-likeness (QED) is 0.888. The standard InChI is InChI=1S/C16H19NO/c1-17(2)11-10-13-6-3-4-9-16(13)14-7-5-8-15(18)12-14/h3-9,12,18H,10-11H2,1-2H3. The van der Waals surface area contributed by atoms with Crippen molar-refractivity contribution in [3.63, 3.8) is 0 Å². The fourth-order valence-electron chi connectivity index (χ4n) is 2.04. The molecule has 0 amide bonds. The van der Waals surface area contributed by atoms with Gasteiger partial charge in [-0.05, 0) is 49.3 Å². The van der Waals surface area contributed by atoms with Crippen molar-refractivity contribution in [3.8, 4) is 16.9 Å². The number of rotatable bonds is 4. The van der Waals surface area contributed by atoms with Crippen LogP contribution in [0.25, 0.3) is 11.1 Å². The normalized spacial score (nSPS) is 10.8. The van der Waals surface area contributed by atoms with Crippen molar-refractivity contribution in [2.75, 3.05) is 20.6 Å². The molecule has 0 heterocycles. The van der Waals surface area contributed by atoms with E-state index in [9.17, 15) is 5.11 Å². The van der Waals surface area contributed by atoms with Gasteiger partial charge in [0.25, 0.3) is 0 Å². The molecule has 0 radical (unpaired) electrons. The van der Waals surface area contributed by atoms with Crippen LogP contribution in [-0.4, -0.2) is 30.6 Å². The minimum Gasteiger partial charge on any atom is -0.508 e. The molecule has 0 atom stereocenters. The number of phenolic OH excluding ortho intramolecular Hbond substituents is 1. The average molecular weight is 241 g/mol. The Kier molecular flexibility index (Phi) is 4.00. The minimum absolute atomic E-state index is 0.315. The molecule has 0 bridgehead atoms. The molecular formula is C16H19NO. The zero-order valence-corrected chi connectivity index (χ0v) is 10.9. The van der Waals surface area contributed by atoms with Gasteiger partial charge in [0.2, 0.25) is 0 Å². The van der Waals surface area contributed by atoms with Crippen LogP contribution in [0.1, 0.15) is 5.56 Å². The molecule has 0 aliphatic carbocycles. The fraction of sp³-hybridized carbons (Fsp3) is 0.250. The van der Waals surface area contributed by atoms with E-state index in [0.717, 1.165) is 18.5 Å². The molecule has 2 rings (SSSR count). The van der Waals surface area contributed by atoms with Gasteiger partial charge in [-0.25, -0.2) is 0 Å². The highest BCUT2D eigenvalue weighted by molar-refractivity contribution is 5.68. The van der Waals surface area contributed by atoms with Crippen LogP contribution in [0.2, 0.25) is 0 Å². The number of likely N-dealkylation sites (N-methyl/N-ethyl adjacent to an activating group) is 1. The van der Waals surface area contributed by atoms with Crippen LogP contribution >= 0.6 is 0 Å². The highest BCUT2D eigenvalue weighted by atomic mass is 16.3. The van der Waals surface area contributed by atoms with Crippen LogP contribution in [0, 0.1) is 0 Å². The summed E-state index contributed by atoms with van der Waals surface area (Å²) in [6, 6.07) is 15.8. The SMILES string of the molecule is CN(C)CCc1ccccc1-c1cccc(O)c1. The largest absolute Gasteiger partial charge is 0.508 e. The molecule has 18 heavy (non-hydrogen) atoms. The van der Waals surface area contributed by atoms with Crippen LogP contribution in [0.5, 0.6) is 5.75 Å². The molecule has 2 aromatic rings. The van der Waals surface area contributed by atoms with Gasteiger partial charge >= 0.3 is 0 Å². The molecule has 0 saturated carbocycles. The van der Waals surface area contributed by atoms with E-state index in [2.05, 4.69) is 37.2 Å². The lowest BCUT2D eigenvalue weighted by molar-refractivity contribution is 0.414. The number of benzene rings is 2. The molecular weight excluding hydrogens is 222 g/mol. The second kappa shape index (κ2) is 5.69. The van der Waals surface area contributed by atoms with Crippen molar-refractivity contribution in [1.29, 1.82) is 0 Å². The molecule has 2 heteroatoms. The maximum atomic E-state index is 9.58. The molecule has 0 unspecified atom stereocenters. The van der Waals surface area contributed by atoms with E-state index in [-0.39, 0.29) is 0 Å². The van der Waals surface area contributed by atoms with E-state index in [4.69, 9.17) is 0 Å². The molecule has 0 aromatic heterocycles. The Morgan fingerprint density at radius 3 is 2.50 bits per heavy atom. The first-order valence-corrected chi connectivity index (χ1v) is 6.19. The van der Waals surface area contributed by atoms with Gasteiger partial charge in [-0.3, -0.25) is 0 Å². The first kappa shape index (κ1) is 12.7. The van der Waals surface area contributed by atoms with Gasteiger partial charge in [0.1, 0.15) is 5.75 Å². The molecule has 1 N–H and O–H groups in total. The Morgan fingerprint density at radius 2 is 1.78 bits per heavy atom. The lowest BCUT2D eigenvalue weighted by atomic mass is 9.97. The zero-order valence-electron chi connectivity index (χ0n) is 10.9. The molecule has 0 fully saturated rings. The molecule has 0 spiro atoms. The number of phenols is 1. The summed E-state index contributed by atoms with van der Waals surface area (Å²) >= 11 is 0. The topological polar surface area (TPSA) is 23.5 Å². The first-order valence-electron chi connectivity index (χ1n) is 6.19. The molecule has 94 valence electrons. The minimum atomic E-state index is 0.315. The van der Waals surface area contributed by atoms with Crippen LogP contribution in [0.15, 0.2) is 48.5 Å². The van der Waals surface area contributed by atoms with Crippen molar-refractivity contribution in [2.24, 2.45) is 0 Å². The third-order valence-corrected chi connectivity index (χ3v) is 3.00. The molecule has 2 nitrogen and oxygen atoms in total. The Bertz CT molecular complexity index is 520. The number of aromatic hydroxyl groups is 1. The van der Waals surface area contributed by atoms with E-state index in [0.29, 0.717) is 5.75 Å². The van der Waals surface area contributed by atoms with E-state index in [1.54, 1.807) is 6.07 Å². The fourth-order valence-corrected chi connectivity index (χ4v) is 2.04. The summed E-state index contributed by atoms with van der Waals surface area (Å²) in [5.41, 5.74) is 3.59. The third kappa shape index (κ3) is 3.11. The summed E-state index contributed by atoms with van der Waals surface area (Å²) in [5, 5.41) is 9.58. The zero-order chi connectivity index (χ0) is 13.0. The summed E-state index contributed by atoms with van der Waals surface area (Å²) in [6.45, 7) is 1.02. The number of hydrogen-bond donors (Lipinski definition) is 1. The van der Waals surface area contributed by atoms with E-state index in [1.807, 2.05) is 24.3 Å². The predicted octanol–water partition coefficient (Wildman–Crippen LogP) is 3.16. The molecule has 0 aliphatic heterocycles. The van der Waals surface area contributed by atoms with E-state index < -0.39 is 0 Å². The van der Waals surface area contributed by atoms with Gasteiger partial charge in [0, 0.05) is 6.54 Å². The predicted molar refractivity (Wildman–Crippen MR) is 75.8 cm³/mol.